The van der Waals surface area contributed by atoms with E-state index in [1.54, 1.807) is 24.3 Å². The van der Waals surface area contributed by atoms with Gasteiger partial charge >= 0.3 is 0 Å². The van der Waals surface area contributed by atoms with Crippen LogP contribution in [0.15, 0.2) is 66.3 Å². The van der Waals surface area contributed by atoms with Crippen LogP contribution in [-0.4, -0.2) is 54.2 Å². The first-order valence-electron chi connectivity index (χ1n) is 9.85. The predicted molar refractivity (Wildman–Crippen MR) is 111 cm³/mol. The molecule has 1 aliphatic rings. The van der Waals surface area contributed by atoms with Gasteiger partial charge in [0.05, 0.1) is 25.0 Å². The molecule has 2 aromatic carbocycles. The van der Waals surface area contributed by atoms with Gasteiger partial charge in [-0.25, -0.2) is 8.78 Å². The molecule has 0 saturated heterocycles. The molecule has 0 bridgehead atoms. The Hall–Kier alpha value is -2.61. The molecule has 0 radical (unpaired) electrons. The number of oxime groups is 1. The van der Waals surface area contributed by atoms with Gasteiger partial charge in [0.15, 0.2) is 0 Å². The lowest BCUT2D eigenvalue weighted by Gasteiger charge is -2.27. The van der Waals surface area contributed by atoms with Crippen LogP contribution < -0.4 is 0 Å². The quantitative estimate of drug-likeness (QED) is 0.450. The fourth-order valence-electron chi connectivity index (χ4n) is 3.36. The molecule has 3 rings (SSSR count). The van der Waals surface area contributed by atoms with E-state index < -0.39 is 6.10 Å². The zero-order valence-corrected chi connectivity index (χ0v) is 16.7. The van der Waals surface area contributed by atoms with Crippen LogP contribution in [0.5, 0.6) is 0 Å². The number of rotatable bonds is 11. The van der Waals surface area contributed by atoms with Gasteiger partial charge in [-0.05, 0) is 35.4 Å². The van der Waals surface area contributed by atoms with Gasteiger partial charge < -0.3 is 14.7 Å². The van der Waals surface area contributed by atoms with Gasteiger partial charge in [0.2, 0.25) is 0 Å². The van der Waals surface area contributed by atoms with Gasteiger partial charge in [-0.3, -0.25) is 4.90 Å². The van der Waals surface area contributed by atoms with Crippen molar-refractivity contribution in [3.05, 3.63) is 83.9 Å². The molecule has 0 aromatic heterocycles. The van der Waals surface area contributed by atoms with Crippen LogP contribution >= 0.6 is 0 Å². The molecule has 0 amide bonds. The topological polar surface area (TPSA) is 54.3 Å². The van der Waals surface area contributed by atoms with Crippen molar-refractivity contribution in [2.75, 3.05) is 26.3 Å². The molecule has 1 N–H and O–H groups in total. The summed E-state index contributed by atoms with van der Waals surface area (Å²) in [6.07, 6.45) is 1.25. The fraction of sp³-hybridized carbons (Fsp3) is 0.348. The van der Waals surface area contributed by atoms with E-state index >= 15 is 0 Å². The molecular weight excluding hydrogens is 390 g/mol. The molecule has 30 heavy (non-hydrogen) atoms. The number of nitrogens with zero attached hydrogens (tertiary/aromatic N) is 2. The molecule has 1 heterocycles. The van der Waals surface area contributed by atoms with Crippen molar-refractivity contribution in [2.45, 2.75) is 25.2 Å². The van der Waals surface area contributed by atoms with Gasteiger partial charge in [-0.1, -0.05) is 35.5 Å². The van der Waals surface area contributed by atoms with Crippen LogP contribution in [0.1, 0.15) is 17.5 Å². The van der Waals surface area contributed by atoms with E-state index in [4.69, 9.17) is 9.57 Å². The van der Waals surface area contributed by atoms with Crippen LogP contribution in [0, 0.1) is 11.6 Å². The highest BCUT2D eigenvalue weighted by molar-refractivity contribution is 6.01. The molecule has 2 aromatic rings. The standard InChI is InChI=1S/C23H26F2N2O3/c1-2-10-29-16-21(28)14-27(13-17-4-3-5-20(25)11-17)15-22-12-23(26-30-22)18-6-8-19(24)9-7-18/h2-9,11,21-22,28H,1,10,12-16H2/t21-,22+/m0/s1. The Balaban J connectivity index is 1.61. The second-order valence-electron chi connectivity index (χ2n) is 7.28. The maximum absolute atomic E-state index is 13.6. The summed E-state index contributed by atoms with van der Waals surface area (Å²) < 4.78 is 32.1. The van der Waals surface area contributed by atoms with Crippen molar-refractivity contribution in [2.24, 2.45) is 5.16 Å². The monoisotopic (exact) mass is 416 g/mol. The first-order valence-corrected chi connectivity index (χ1v) is 9.85. The summed E-state index contributed by atoms with van der Waals surface area (Å²) in [4.78, 5) is 7.57. The average Bonchev–Trinajstić information content (AvgIpc) is 3.17. The zero-order valence-electron chi connectivity index (χ0n) is 16.7. The van der Waals surface area contributed by atoms with Crippen molar-refractivity contribution in [1.82, 2.24) is 4.90 Å². The number of ether oxygens (including phenoxy) is 1. The summed E-state index contributed by atoms with van der Waals surface area (Å²) in [5.74, 6) is -0.606. The minimum absolute atomic E-state index is 0.175. The first kappa shape index (κ1) is 22.1. The third-order valence-electron chi connectivity index (χ3n) is 4.68. The second-order valence-corrected chi connectivity index (χ2v) is 7.28. The van der Waals surface area contributed by atoms with Crippen LogP contribution in [0.25, 0.3) is 0 Å². The summed E-state index contributed by atoms with van der Waals surface area (Å²) >= 11 is 0. The highest BCUT2D eigenvalue weighted by atomic mass is 19.1. The van der Waals surface area contributed by atoms with Gasteiger partial charge in [0, 0.05) is 26.1 Å². The zero-order chi connectivity index (χ0) is 21.3. The van der Waals surface area contributed by atoms with Crippen molar-refractivity contribution < 1.29 is 23.5 Å². The van der Waals surface area contributed by atoms with Crippen molar-refractivity contribution in [3.63, 3.8) is 0 Å². The number of aliphatic hydroxyl groups excluding tert-OH is 1. The highest BCUT2D eigenvalue weighted by Gasteiger charge is 2.26. The van der Waals surface area contributed by atoms with Gasteiger partial charge in [0.25, 0.3) is 0 Å². The van der Waals surface area contributed by atoms with Gasteiger partial charge in [0.1, 0.15) is 17.7 Å². The van der Waals surface area contributed by atoms with Crippen LogP contribution in [0.4, 0.5) is 8.78 Å². The summed E-state index contributed by atoms with van der Waals surface area (Å²) in [5, 5.41) is 14.5. The second kappa shape index (κ2) is 11.0. The van der Waals surface area contributed by atoms with Crippen LogP contribution in [0.2, 0.25) is 0 Å². The Morgan fingerprint density at radius 2 is 2.03 bits per heavy atom. The lowest BCUT2D eigenvalue weighted by atomic mass is 10.0. The molecule has 0 spiro atoms. The Labute approximate surface area is 175 Å². The number of halogens is 2. The van der Waals surface area contributed by atoms with E-state index in [9.17, 15) is 13.9 Å². The molecule has 7 heteroatoms. The Morgan fingerprint density at radius 1 is 1.23 bits per heavy atom. The summed E-state index contributed by atoms with van der Waals surface area (Å²) in [6, 6.07) is 12.5. The third kappa shape index (κ3) is 6.73. The van der Waals surface area contributed by atoms with E-state index in [1.807, 2.05) is 11.0 Å². The van der Waals surface area contributed by atoms with Gasteiger partial charge in [-0.15, -0.1) is 6.58 Å². The Bertz CT molecular complexity index is 858. The van der Waals surface area contributed by atoms with E-state index in [-0.39, 0.29) is 24.3 Å². The molecule has 2 atom stereocenters. The van der Waals surface area contributed by atoms with E-state index in [1.165, 1.54) is 24.3 Å². The van der Waals surface area contributed by atoms with Crippen LogP contribution in [-0.2, 0) is 16.1 Å². The SMILES string of the molecule is C=CCOC[C@@H](O)CN(Cc1cccc(F)c1)C[C@H]1CC(c2ccc(F)cc2)=NO1. The summed E-state index contributed by atoms with van der Waals surface area (Å²) in [5.41, 5.74) is 2.36. The summed E-state index contributed by atoms with van der Waals surface area (Å²) in [6.45, 7) is 5.39. The molecule has 0 unspecified atom stereocenters. The van der Waals surface area contributed by atoms with Crippen molar-refractivity contribution in [1.29, 1.82) is 0 Å². The number of hydrogen-bond acceptors (Lipinski definition) is 5. The van der Waals surface area contributed by atoms with Crippen molar-refractivity contribution in [3.8, 4) is 0 Å². The maximum atomic E-state index is 13.6. The smallest absolute Gasteiger partial charge is 0.145 e. The molecule has 0 saturated carbocycles. The van der Waals surface area contributed by atoms with Crippen LogP contribution in [0.3, 0.4) is 0 Å². The molecule has 5 nitrogen and oxygen atoms in total. The molecule has 0 fully saturated rings. The van der Waals surface area contributed by atoms with E-state index in [2.05, 4.69) is 11.7 Å². The largest absolute Gasteiger partial charge is 0.390 e. The molecular formula is C23H26F2N2O3. The molecule has 0 aliphatic carbocycles. The average molecular weight is 416 g/mol. The fourth-order valence-corrected chi connectivity index (χ4v) is 3.36. The minimum Gasteiger partial charge on any atom is -0.390 e. The van der Waals surface area contributed by atoms with E-state index in [0.29, 0.717) is 32.7 Å². The Morgan fingerprint density at radius 3 is 2.77 bits per heavy atom. The first-order chi connectivity index (χ1) is 14.5. The summed E-state index contributed by atoms with van der Waals surface area (Å²) in [7, 11) is 0. The highest BCUT2D eigenvalue weighted by Crippen LogP contribution is 2.19. The molecule has 1 aliphatic heterocycles. The van der Waals surface area contributed by atoms with E-state index in [0.717, 1.165) is 16.8 Å². The molecule has 160 valence electrons. The normalized spacial score (nSPS) is 16.9. The number of benzene rings is 2. The lowest BCUT2D eigenvalue weighted by molar-refractivity contribution is 0.00334. The lowest BCUT2D eigenvalue weighted by Crippen LogP contribution is -2.39. The Kier molecular flexibility index (Phi) is 8.07. The minimum atomic E-state index is -0.711. The predicted octanol–water partition coefficient (Wildman–Crippen LogP) is 3.52. The number of aliphatic hydroxyl groups is 1. The number of hydrogen-bond donors (Lipinski definition) is 1. The maximum Gasteiger partial charge on any atom is 0.145 e. The third-order valence-corrected chi connectivity index (χ3v) is 4.68. The van der Waals surface area contributed by atoms with Crippen molar-refractivity contribution >= 4 is 5.71 Å². The van der Waals surface area contributed by atoms with Gasteiger partial charge in [-0.2, -0.15) is 0 Å².